The number of para-hydroxylation sites is 1. The number of fused-ring (bicyclic) bond motifs is 1. The fraction of sp³-hybridized carbons (Fsp3) is 0.222. The summed E-state index contributed by atoms with van der Waals surface area (Å²) in [5, 5.41) is 14.6. The van der Waals surface area contributed by atoms with E-state index in [9.17, 15) is 5.11 Å². The number of phenols is 1. The van der Waals surface area contributed by atoms with Crippen LogP contribution >= 0.6 is 0 Å². The second-order valence-corrected chi connectivity index (χ2v) is 5.42. The van der Waals surface area contributed by atoms with Crippen molar-refractivity contribution >= 4 is 10.9 Å². The number of aromatic hydroxyl groups is 1. The van der Waals surface area contributed by atoms with Crippen LogP contribution in [0.25, 0.3) is 10.9 Å². The minimum Gasteiger partial charge on any atom is -0.508 e. The normalized spacial score (nSPS) is 11.1. The van der Waals surface area contributed by atoms with Crippen molar-refractivity contribution in [3.8, 4) is 5.75 Å². The first-order chi connectivity index (χ1) is 10.2. The first-order valence-corrected chi connectivity index (χ1v) is 7.28. The predicted molar refractivity (Wildman–Crippen MR) is 86.6 cm³/mol. The summed E-state index contributed by atoms with van der Waals surface area (Å²) >= 11 is 0. The third-order valence-electron chi connectivity index (χ3n) is 3.80. The van der Waals surface area contributed by atoms with E-state index in [2.05, 4.69) is 34.6 Å². The number of hydrogen-bond acceptors (Lipinski definition) is 2. The maximum atomic E-state index is 9.89. The van der Waals surface area contributed by atoms with Crippen LogP contribution in [0.1, 0.15) is 16.7 Å². The zero-order valence-corrected chi connectivity index (χ0v) is 12.2. The molecule has 0 radical (unpaired) electrons. The van der Waals surface area contributed by atoms with Crippen LogP contribution in [0, 0.1) is 6.92 Å². The van der Waals surface area contributed by atoms with Gasteiger partial charge in [0.2, 0.25) is 0 Å². The molecule has 0 fully saturated rings. The summed E-state index contributed by atoms with van der Waals surface area (Å²) in [6.45, 7) is 3.65. The molecular formula is C18H20N2O. The zero-order chi connectivity index (χ0) is 14.7. The molecular weight excluding hydrogens is 260 g/mol. The molecule has 0 saturated carbocycles. The summed E-state index contributed by atoms with van der Waals surface area (Å²) in [5.41, 5.74) is 4.54. The first-order valence-electron chi connectivity index (χ1n) is 7.28. The zero-order valence-electron chi connectivity index (χ0n) is 12.2. The van der Waals surface area contributed by atoms with Crippen molar-refractivity contribution in [2.24, 2.45) is 0 Å². The van der Waals surface area contributed by atoms with Gasteiger partial charge in [0.25, 0.3) is 0 Å². The molecule has 3 heteroatoms. The molecule has 0 spiro atoms. The molecule has 0 bridgehead atoms. The average molecular weight is 280 g/mol. The molecule has 0 unspecified atom stereocenters. The molecule has 0 aliphatic heterocycles. The number of H-pyrrole nitrogens is 1. The Morgan fingerprint density at radius 3 is 2.86 bits per heavy atom. The maximum absolute atomic E-state index is 9.89. The SMILES string of the molecule is Cc1ccc(CCNCc2cccc3cc[nH]c23)c(O)c1. The van der Waals surface area contributed by atoms with E-state index in [1.165, 1.54) is 16.5 Å². The molecule has 3 rings (SSSR count). The number of aryl methyl sites for hydroxylation is 1. The van der Waals surface area contributed by atoms with Crippen LogP contribution in [-0.4, -0.2) is 16.6 Å². The monoisotopic (exact) mass is 280 g/mol. The van der Waals surface area contributed by atoms with Gasteiger partial charge in [-0.05, 0) is 54.1 Å². The van der Waals surface area contributed by atoms with Gasteiger partial charge >= 0.3 is 0 Å². The van der Waals surface area contributed by atoms with Crippen molar-refractivity contribution in [1.82, 2.24) is 10.3 Å². The molecule has 3 nitrogen and oxygen atoms in total. The smallest absolute Gasteiger partial charge is 0.119 e. The molecule has 1 heterocycles. The minimum atomic E-state index is 0.392. The van der Waals surface area contributed by atoms with Gasteiger partial charge in [-0.2, -0.15) is 0 Å². The van der Waals surface area contributed by atoms with E-state index < -0.39 is 0 Å². The number of benzene rings is 2. The van der Waals surface area contributed by atoms with Gasteiger partial charge in [-0.15, -0.1) is 0 Å². The lowest BCUT2D eigenvalue weighted by atomic mass is 10.1. The Morgan fingerprint density at radius 2 is 2.00 bits per heavy atom. The van der Waals surface area contributed by atoms with E-state index in [1.807, 2.05) is 31.3 Å². The number of rotatable bonds is 5. The Morgan fingerprint density at radius 1 is 1.10 bits per heavy atom. The van der Waals surface area contributed by atoms with Crippen LogP contribution in [-0.2, 0) is 13.0 Å². The van der Waals surface area contributed by atoms with Gasteiger partial charge in [-0.3, -0.25) is 0 Å². The molecule has 0 saturated heterocycles. The highest BCUT2D eigenvalue weighted by Gasteiger charge is 2.03. The fourth-order valence-corrected chi connectivity index (χ4v) is 2.63. The lowest BCUT2D eigenvalue weighted by molar-refractivity contribution is 0.466. The minimum absolute atomic E-state index is 0.392. The van der Waals surface area contributed by atoms with E-state index in [4.69, 9.17) is 0 Å². The van der Waals surface area contributed by atoms with Gasteiger partial charge in [0, 0.05) is 18.3 Å². The Labute approximate surface area is 124 Å². The highest BCUT2D eigenvalue weighted by Crippen LogP contribution is 2.19. The van der Waals surface area contributed by atoms with Gasteiger partial charge in [-0.1, -0.05) is 30.3 Å². The molecule has 108 valence electrons. The van der Waals surface area contributed by atoms with E-state index in [0.717, 1.165) is 30.6 Å². The largest absolute Gasteiger partial charge is 0.508 e. The van der Waals surface area contributed by atoms with Crippen LogP contribution in [0.15, 0.2) is 48.7 Å². The Kier molecular flexibility index (Phi) is 3.93. The summed E-state index contributed by atoms with van der Waals surface area (Å²) in [4.78, 5) is 3.28. The molecule has 0 atom stereocenters. The van der Waals surface area contributed by atoms with Gasteiger partial charge in [0.05, 0.1) is 0 Å². The highest BCUT2D eigenvalue weighted by molar-refractivity contribution is 5.82. The van der Waals surface area contributed by atoms with E-state index >= 15 is 0 Å². The fourth-order valence-electron chi connectivity index (χ4n) is 2.63. The number of hydrogen-bond donors (Lipinski definition) is 3. The predicted octanol–water partition coefficient (Wildman–Crippen LogP) is 3.51. The number of phenolic OH excluding ortho intramolecular Hbond substituents is 1. The third kappa shape index (κ3) is 3.09. The molecule has 0 amide bonds. The van der Waals surface area contributed by atoms with Crippen LogP contribution in [0.3, 0.4) is 0 Å². The molecule has 21 heavy (non-hydrogen) atoms. The average Bonchev–Trinajstić information content (AvgIpc) is 2.94. The first kappa shape index (κ1) is 13.7. The lowest BCUT2D eigenvalue weighted by Crippen LogP contribution is -2.17. The van der Waals surface area contributed by atoms with Gasteiger partial charge in [0.1, 0.15) is 5.75 Å². The van der Waals surface area contributed by atoms with Crippen molar-refractivity contribution in [3.63, 3.8) is 0 Å². The van der Waals surface area contributed by atoms with Gasteiger partial charge < -0.3 is 15.4 Å². The Bertz CT molecular complexity index is 746. The van der Waals surface area contributed by atoms with Crippen molar-refractivity contribution in [2.75, 3.05) is 6.54 Å². The summed E-state index contributed by atoms with van der Waals surface area (Å²) in [5.74, 6) is 0.392. The van der Waals surface area contributed by atoms with Crippen molar-refractivity contribution in [2.45, 2.75) is 19.9 Å². The van der Waals surface area contributed by atoms with Crippen LogP contribution in [0.4, 0.5) is 0 Å². The van der Waals surface area contributed by atoms with Gasteiger partial charge in [0.15, 0.2) is 0 Å². The third-order valence-corrected chi connectivity index (χ3v) is 3.80. The maximum Gasteiger partial charge on any atom is 0.119 e. The number of aromatic amines is 1. The van der Waals surface area contributed by atoms with Crippen LogP contribution < -0.4 is 5.32 Å². The number of aromatic nitrogens is 1. The summed E-state index contributed by atoms with van der Waals surface area (Å²) in [6.07, 6.45) is 2.80. The molecule has 0 aliphatic rings. The van der Waals surface area contributed by atoms with Crippen LogP contribution in [0.2, 0.25) is 0 Å². The second-order valence-electron chi connectivity index (χ2n) is 5.42. The highest BCUT2D eigenvalue weighted by atomic mass is 16.3. The molecule has 2 aromatic carbocycles. The lowest BCUT2D eigenvalue weighted by Gasteiger charge is -2.08. The van der Waals surface area contributed by atoms with Crippen molar-refractivity contribution in [3.05, 3.63) is 65.4 Å². The van der Waals surface area contributed by atoms with E-state index in [1.54, 1.807) is 0 Å². The molecule has 0 aliphatic carbocycles. The van der Waals surface area contributed by atoms with Crippen molar-refractivity contribution < 1.29 is 5.11 Å². The summed E-state index contributed by atoms with van der Waals surface area (Å²) in [6, 6.07) is 14.3. The summed E-state index contributed by atoms with van der Waals surface area (Å²) in [7, 11) is 0. The Balaban J connectivity index is 1.58. The quantitative estimate of drug-likeness (QED) is 0.626. The van der Waals surface area contributed by atoms with E-state index in [0.29, 0.717) is 5.75 Å². The standard InChI is InChI=1S/C18H20N2O/c1-13-5-6-14(17(21)11-13)7-9-19-12-16-4-2-3-15-8-10-20-18(15)16/h2-6,8,10-11,19-21H,7,9,12H2,1H3. The Hall–Kier alpha value is -2.26. The van der Waals surface area contributed by atoms with Crippen molar-refractivity contribution in [1.29, 1.82) is 0 Å². The summed E-state index contributed by atoms with van der Waals surface area (Å²) < 4.78 is 0. The topological polar surface area (TPSA) is 48.0 Å². The second kappa shape index (κ2) is 6.02. The number of nitrogens with one attached hydrogen (secondary N) is 2. The molecule has 1 aromatic heterocycles. The van der Waals surface area contributed by atoms with Gasteiger partial charge in [-0.25, -0.2) is 0 Å². The van der Waals surface area contributed by atoms with E-state index in [-0.39, 0.29) is 0 Å². The molecule has 3 N–H and O–H groups in total. The van der Waals surface area contributed by atoms with Crippen LogP contribution in [0.5, 0.6) is 5.75 Å². The molecule has 3 aromatic rings.